The van der Waals surface area contributed by atoms with Crippen LogP contribution in [0.25, 0.3) is 0 Å². The number of amides is 2. The highest BCUT2D eigenvalue weighted by molar-refractivity contribution is 7.92. The van der Waals surface area contributed by atoms with Crippen molar-refractivity contribution in [2.75, 3.05) is 23.7 Å². The molecule has 0 saturated carbocycles. The van der Waals surface area contributed by atoms with Crippen molar-refractivity contribution >= 4 is 39.1 Å². The van der Waals surface area contributed by atoms with Gasteiger partial charge in [-0.3, -0.25) is 13.9 Å². The molecule has 2 rings (SSSR count). The zero-order valence-corrected chi connectivity index (χ0v) is 21.8. The van der Waals surface area contributed by atoms with Gasteiger partial charge < -0.3 is 10.2 Å². The number of alkyl halides is 3. The summed E-state index contributed by atoms with van der Waals surface area (Å²) in [6, 6.07) is 9.36. The Hall–Kier alpha value is -2.79. The smallest absolute Gasteiger partial charge is 0.354 e. The minimum Gasteiger partial charge on any atom is -0.354 e. The van der Waals surface area contributed by atoms with E-state index in [1.807, 2.05) is 6.92 Å². The number of halogens is 4. The van der Waals surface area contributed by atoms with E-state index in [-0.39, 0.29) is 18.7 Å². The summed E-state index contributed by atoms with van der Waals surface area (Å²) in [4.78, 5) is 27.6. The van der Waals surface area contributed by atoms with Crippen molar-refractivity contribution < 1.29 is 31.2 Å². The van der Waals surface area contributed by atoms with Crippen LogP contribution in [-0.2, 0) is 32.3 Å². The Labute approximate surface area is 214 Å². The first kappa shape index (κ1) is 29.4. The third-order valence-corrected chi connectivity index (χ3v) is 6.73. The van der Waals surface area contributed by atoms with Gasteiger partial charge in [0.15, 0.2) is 0 Å². The lowest BCUT2D eigenvalue weighted by atomic mass is 10.1. The summed E-state index contributed by atoms with van der Waals surface area (Å²) in [5.74, 6) is -1.15. The number of carbonyl (C=O) groups excluding carboxylic acids is 2. The number of anilines is 1. The number of nitrogens with one attached hydrogen (secondary N) is 1. The first-order valence-electron chi connectivity index (χ1n) is 11.2. The Balaban J connectivity index is 2.46. The van der Waals surface area contributed by atoms with Gasteiger partial charge in [0.2, 0.25) is 21.8 Å². The largest absolute Gasteiger partial charge is 0.416 e. The summed E-state index contributed by atoms with van der Waals surface area (Å²) < 4.78 is 65.4. The molecule has 1 unspecified atom stereocenters. The highest BCUT2D eigenvalue weighted by Gasteiger charge is 2.34. The Morgan fingerprint density at radius 2 is 1.72 bits per heavy atom. The minimum absolute atomic E-state index is 0.0335. The fraction of sp³-hybridized carbons (Fsp3) is 0.417. The molecule has 1 atom stereocenters. The highest BCUT2D eigenvalue weighted by atomic mass is 35.5. The van der Waals surface area contributed by atoms with Crippen molar-refractivity contribution in [1.29, 1.82) is 0 Å². The minimum atomic E-state index is -4.70. The molecule has 0 radical (unpaired) electrons. The SMILES string of the molecule is CCCNC(=O)C(CC)N(Cc1ccc(Cl)cc1)C(=O)CN(c1cccc(C(F)(F)F)c1)S(C)(=O)=O. The van der Waals surface area contributed by atoms with Crippen LogP contribution in [0.5, 0.6) is 0 Å². The molecule has 0 spiro atoms. The summed E-state index contributed by atoms with van der Waals surface area (Å²) >= 11 is 5.94. The van der Waals surface area contributed by atoms with Gasteiger partial charge in [0, 0.05) is 18.1 Å². The summed E-state index contributed by atoms with van der Waals surface area (Å²) in [7, 11) is -4.15. The van der Waals surface area contributed by atoms with Crippen molar-refractivity contribution in [2.24, 2.45) is 0 Å². The second-order valence-corrected chi connectivity index (χ2v) is 10.5. The molecule has 0 heterocycles. The second-order valence-electron chi connectivity index (χ2n) is 8.18. The first-order valence-corrected chi connectivity index (χ1v) is 13.5. The molecule has 0 aliphatic rings. The van der Waals surface area contributed by atoms with E-state index in [4.69, 9.17) is 11.6 Å². The molecule has 0 aromatic heterocycles. The normalized spacial score (nSPS) is 12.6. The van der Waals surface area contributed by atoms with E-state index in [0.29, 0.717) is 33.9 Å². The summed E-state index contributed by atoms with van der Waals surface area (Å²) in [6.45, 7) is 3.15. The van der Waals surface area contributed by atoms with Crippen LogP contribution in [0, 0.1) is 0 Å². The number of benzene rings is 2. The molecule has 0 fully saturated rings. The Morgan fingerprint density at radius 3 is 2.25 bits per heavy atom. The van der Waals surface area contributed by atoms with Crippen molar-refractivity contribution in [3.05, 3.63) is 64.7 Å². The van der Waals surface area contributed by atoms with Crippen LogP contribution in [0.3, 0.4) is 0 Å². The van der Waals surface area contributed by atoms with E-state index in [0.717, 1.165) is 18.4 Å². The number of sulfonamides is 1. The maximum absolute atomic E-state index is 13.5. The van der Waals surface area contributed by atoms with Crippen LogP contribution >= 0.6 is 11.6 Å². The molecule has 198 valence electrons. The van der Waals surface area contributed by atoms with Gasteiger partial charge in [-0.05, 0) is 48.7 Å². The van der Waals surface area contributed by atoms with Gasteiger partial charge in [0.25, 0.3) is 0 Å². The molecular formula is C24H29ClF3N3O4S. The van der Waals surface area contributed by atoms with Gasteiger partial charge in [0.05, 0.1) is 17.5 Å². The zero-order valence-electron chi connectivity index (χ0n) is 20.2. The summed E-state index contributed by atoms with van der Waals surface area (Å²) in [6.07, 6.45) is -2.99. The Morgan fingerprint density at radius 1 is 1.08 bits per heavy atom. The number of nitrogens with zero attached hydrogens (tertiary/aromatic N) is 2. The van der Waals surface area contributed by atoms with E-state index >= 15 is 0 Å². The van der Waals surface area contributed by atoms with Gasteiger partial charge in [-0.1, -0.05) is 43.6 Å². The molecule has 2 aromatic rings. The van der Waals surface area contributed by atoms with E-state index in [9.17, 15) is 31.2 Å². The molecule has 2 amide bonds. The third kappa shape index (κ3) is 8.12. The van der Waals surface area contributed by atoms with Crippen LogP contribution in [0.1, 0.15) is 37.8 Å². The van der Waals surface area contributed by atoms with Crippen molar-refractivity contribution in [2.45, 2.75) is 45.5 Å². The van der Waals surface area contributed by atoms with E-state index < -0.39 is 46.2 Å². The third-order valence-electron chi connectivity index (χ3n) is 5.34. The molecule has 2 aromatic carbocycles. The molecule has 0 aliphatic carbocycles. The Kier molecular flexibility index (Phi) is 10.2. The number of rotatable bonds is 11. The van der Waals surface area contributed by atoms with Gasteiger partial charge in [0.1, 0.15) is 12.6 Å². The van der Waals surface area contributed by atoms with Crippen LogP contribution in [-0.4, -0.2) is 50.5 Å². The summed E-state index contributed by atoms with van der Waals surface area (Å²) in [5, 5.41) is 3.21. The van der Waals surface area contributed by atoms with E-state index in [1.165, 1.54) is 11.0 Å². The molecule has 0 saturated heterocycles. The lowest BCUT2D eigenvalue weighted by molar-refractivity contribution is -0.140. The molecule has 0 bridgehead atoms. The van der Waals surface area contributed by atoms with Crippen molar-refractivity contribution in [3.8, 4) is 0 Å². The van der Waals surface area contributed by atoms with Crippen LogP contribution in [0.4, 0.5) is 18.9 Å². The van der Waals surface area contributed by atoms with Gasteiger partial charge >= 0.3 is 6.18 Å². The number of carbonyl (C=O) groups is 2. The second kappa shape index (κ2) is 12.4. The maximum atomic E-state index is 13.5. The predicted octanol–water partition coefficient (Wildman–Crippen LogP) is 4.46. The number of hydrogen-bond donors (Lipinski definition) is 1. The van der Waals surface area contributed by atoms with Gasteiger partial charge in [-0.25, -0.2) is 8.42 Å². The lowest BCUT2D eigenvalue weighted by Crippen LogP contribution is -2.52. The predicted molar refractivity (Wildman–Crippen MR) is 133 cm³/mol. The van der Waals surface area contributed by atoms with E-state index in [2.05, 4.69) is 5.32 Å². The average Bonchev–Trinajstić information content (AvgIpc) is 2.80. The lowest BCUT2D eigenvalue weighted by Gasteiger charge is -2.33. The summed E-state index contributed by atoms with van der Waals surface area (Å²) in [5.41, 5.74) is -0.723. The van der Waals surface area contributed by atoms with Crippen LogP contribution in [0.2, 0.25) is 5.02 Å². The first-order chi connectivity index (χ1) is 16.8. The maximum Gasteiger partial charge on any atom is 0.416 e. The topological polar surface area (TPSA) is 86.8 Å². The van der Waals surface area contributed by atoms with E-state index in [1.54, 1.807) is 31.2 Å². The highest BCUT2D eigenvalue weighted by Crippen LogP contribution is 2.32. The monoisotopic (exact) mass is 547 g/mol. The standard InChI is InChI=1S/C24H29ClF3N3O4S/c1-4-13-29-23(33)21(5-2)30(15-17-9-11-19(25)12-10-17)22(32)16-31(36(3,34)35)20-8-6-7-18(14-20)24(26,27)28/h6-12,14,21H,4-5,13,15-16H2,1-3H3,(H,29,33). The fourth-order valence-electron chi connectivity index (χ4n) is 3.52. The van der Waals surface area contributed by atoms with Gasteiger partial charge in [-0.15, -0.1) is 0 Å². The zero-order chi connectivity index (χ0) is 27.1. The molecular weight excluding hydrogens is 519 g/mol. The molecule has 1 N–H and O–H groups in total. The van der Waals surface area contributed by atoms with Crippen LogP contribution < -0.4 is 9.62 Å². The molecule has 0 aliphatic heterocycles. The number of hydrogen-bond acceptors (Lipinski definition) is 4. The van der Waals surface area contributed by atoms with Crippen LogP contribution in [0.15, 0.2) is 48.5 Å². The Bertz CT molecular complexity index is 1160. The molecule has 12 heteroatoms. The van der Waals surface area contributed by atoms with Crippen molar-refractivity contribution in [3.63, 3.8) is 0 Å². The van der Waals surface area contributed by atoms with Crippen molar-refractivity contribution in [1.82, 2.24) is 10.2 Å². The van der Waals surface area contributed by atoms with Gasteiger partial charge in [-0.2, -0.15) is 13.2 Å². The fourth-order valence-corrected chi connectivity index (χ4v) is 4.49. The molecule has 7 nitrogen and oxygen atoms in total. The average molecular weight is 548 g/mol. The quantitative estimate of drug-likeness (QED) is 0.450. The molecule has 36 heavy (non-hydrogen) atoms.